The molecule has 2 aromatic rings. The van der Waals surface area contributed by atoms with Crippen molar-refractivity contribution >= 4 is 81.0 Å². The SMILES string of the molecule is CON=C(C(=O)NC1C(=O)N2C(C(=O)O)=C(C=C(S)c3n[nH]c(=O)c(=O)n3CCC3NCCS3)CSC12)c1csc(N)n1. The highest BCUT2D eigenvalue weighted by Crippen LogP contribution is 2.41. The van der Waals surface area contributed by atoms with E-state index in [0.29, 0.717) is 6.42 Å². The Morgan fingerprint density at radius 2 is 2.14 bits per heavy atom. The van der Waals surface area contributed by atoms with Gasteiger partial charge in [0.1, 0.15) is 29.9 Å². The predicted octanol–water partition coefficient (Wildman–Crippen LogP) is -0.917. The van der Waals surface area contributed by atoms with E-state index in [2.05, 4.69) is 43.6 Å². The van der Waals surface area contributed by atoms with E-state index in [1.807, 2.05) is 0 Å². The number of thioether (sulfide) groups is 2. The fourth-order valence-corrected chi connectivity index (χ4v) is 7.84. The highest BCUT2D eigenvalue weighted by molar-refractivity contribution is 8.00. The van der Waals surface area contributed by atoms with Crippen molar-refractivity contribution in [3.63, 3.8) is 0 Å². The molecule has 2 aromatic heterocycles. The Labute approximate surface area is 260 Å². The van der Waals surface area contributed by atoms with Crippen LogP contribution in [-0.4, -0.2) is 95.2 Å². The zero-order chi connectivity index (χ0) is 30.8. The van der Waals surface area contributed by atoms with E-state index in [1.165, 1.54) is 34.9 Å². The molecule has 228 valence electrons. The number of oxime groups is 1. The number of hydrogen-bond acceptors (Lipinski definition) is 15. The van der Waals surface area contributed by atoms with Crippen molar-refractivity contribution < 1.29 is 24.3 Å². The lowest BCUT2D eigenvalue weighted by atomic mass is 10.0. The number of H-pyrrole nitrogens is 1. The number of thiazole rings is 1. The maximum absolute atomic E-state index is 13.2. The smallest absolute Gasteiger partial charge is 0.352 e. The second-order valence-corrected chi connectivity index (χ2v) is 13.0. The van der Waals surface area contributed by atoms with Crippen molar-refractivity contribution in [3.05, 3.63) is 55.0 Å². The molecule has 2 saturated heterocycles. The number of allylic oxidation sites excluding steroid dienone is 1. The van der Waals surface area contributed by atoms with Crippen LogP contribution in [0.4, 0.5) is 5.13 Å². The van der Waals surface area contributed by atoms with Crippen LogP contribution in [0.25, 0.3) is 4.91 Å². The molecule has 43 heavy (non-hydrogen) atoms. The Balaban J connectivity index is 1.39. The molecule has 5 rings (SSSR count). The number of carboxylic acids is 1. The minimum Gasteiger partial charge on any atom is -0.477 e. The van der Waals surface area contributed by atoms with Crippen molar-refractivity contribution in [2.75, 3.05) is 30.9 Å². The Morgan fingerprint density at radius 3 is 2.79 bits per heavy atom. The highest BCUT2D eigenvalue weighted by Gasteiger charge is 2.54. The number of aromatic nitrogens is 4. The third-order valence-electron chi connectivity index (χ3n) is 6.56. The van der Waals surface area contributed by atoms with Gasteiger partial charge in [0.2, 0.25) is 0 Å². The summed E-state index contributed by atoms with van der Waals surface area (Å²) in [4.78, 5) is 73.2. The quantitative estimate of drug-likeness (QED) is 0.0593. The van der Waals surface area contributed by atoms with Crippen molar-refractivity contribution in [3.8, 4) is 0 Å². The normalized spacial score (nSPS) is 22.3. The summed E-state index contributed by atoms with van der Waals surface area (Å²) in [5.41, 5.74) is 3.85. The van der Waals surface area contributed by atoms with Gasteiger partial charge in [0.05, 0.1) is 5.37 Å². The van der Waals surface area contributed by atoms with E-state index in [4.69, 9.17) is 10.6 Å². The molecular weight excluding hydrogens is 643 g/mol. The molecular formula is C23H25N9O7S4. The molecule has 0 aliphatic carbocycles. The topological polar surface area (TPSA) is 227 Å². The van der Waals surface area contributed by atoms with Crippen molar-refractivity contribution in [2.45, 2.75) is 29.8 Å². The van der Waals surface area contributed by atoms with Gasteiger partial charge < -0.3 is 26.3 Å². The molecule has 5 heterocycles. The summed E-state index contributed by atoms with van der Waals surface area (Å²) in [6, 6.07) is -1.04. The molecule has 20 heteroatoms. The molecule has 2 amide bonds. The van der Waals surface area contributed by atoms with Crippen LogP contribution in [0.15, 0.2) is 37.5 Å². The number of nitrogen functional groups attached to an aromatic ring is 1. The number of rotatable bonds is 10. The van der Waals surface area contributed by atoms with Crippen LogP contribution in [0.3, 0.4) is 0 Å². The Morgan fingerprint density at radius 1 is 1.35 bits per heavy atom. The number of amides is 2. The molecule has 0 spiro atoms. The van der Waals surface area contributed by atoms with E-state index in [-0.39, 0.29) is 56.2 Å². The molecule has 0 saturated carbocycles. The molecule has 3 aliphatic heterocycles. The lowest BCUT2D eigenvalue weighted by Gasteiger charge is -2.49. The van der Waals surface area contributed by atoms with Crippen LogP contribution in [0, 0.1) is 0 Å². The first kappa shape index (κ1) is 30.9. The third kappa shape index (κ3) is 6.23. The Bertz CT molecular complexity index is 1670. The summed E-state index contributed by atoms with van der Waals surface area (Å²) < 4.78 is 1.20. The highest BCUT2D eigenvalue weighted by atomic mass is 32.2. The van der Waals surface area contributed by atoms with Gasteiger partial charge in [-0.1, -0.05) is 5.16 Å². The van der Waals surface area contributed by atoms with Gasteiger partial charge in [-0.15, -0.1) is 47.5 Å². The fraction of sp³-hybridized carbons (Fsp3) is 0.391. The Kier molecular flexibility index (Phi) is 9.30. The van der Waals surface area contributed by atoms with Gasteiger partial charge in [0, 0.05) is 34.9 Å². The van der Waals surface area contributed by atoms with E-state index < -0.39 is 40.3 Å². The molecule has 16 nitrogen and oxygen atoms in total. The first-order chi connectivity index (χ1) is 20.6. The van der Waals surface area contributed by atoms with Crippen LogP contribution < -0.4 is 27.5 Å². The van der Waals surface area contributed by atoms with E-state index in [1.54, 1.807) is 11.8 Å². The summed E-state index contributed by atoms with van der Waals surface area (Å²) in [6.45, 7) is 1.03. The molecule has 3 unspecified atom stereocenters. The monoisotopic (exact) mass is 667 g/mol. The summed E-state index contributed by atoms with van der Waals surface area (Å²) in [6.07, 6.45) is 1.95. The molecule has 0 aromatic carbocycles. The van der Waals surface area contributed by atoms with Crippen molar-refractivity contribution in [1.29, 1.82) is 0 Å². The number of carboxylic acid groups (broad SMARTS) is 1. The molecule has 3 aliphatic rings. The average molecular weight is 668 g/mol. The van der Waals surface area contributed by atoms with Gasteiger partial charge >= 0.3 is 17.1 Å². The number of aromatic amines is 1. The molecule has 6 N–H and O–H groups in total. The molecule has 0 bridgehead atoms. The summed E-state index contributed by atoms with van der Waals surface area (Å²) in [7, 11) is 1.25. The van der Waals surface area contributed by atoms with Gasteiger partial charge in [-0.05, 0) is 18.1 Å². The van der Waals surface area contributed by atoms with Gasteiger partial charge in [0.15, 0.2) is 16.7 Å². The van der Waals surface area contributed by atoms with Crippen molar-refractivity contribution in [2.24, 2.45) is 5.16 Å². The minimum atomic E-state index is -1.37. The second-order valence-electron chi connectivity index (χ2n) is 9.20. The summed E-state index contributed by atoms with van der Waals surface area (Å²) >= 11 is 8.51. The van der Waals surface area contributed by atoms with Crippen LogP contribution in [0.5, 0.6) is 0 Å². The van der Waals surface area contributed by atoms with Crippen LogP contribution in [-0.2, 0) is 25.8 Å². The van der Waals surface area contributed by atoms with Crippen molar-refractivity contribution in [1.82, 2.24) is 35.3 Å². The first-order valence-electron chi connectivity index (χ1n) is 12.6. The molecule has 0 radical (unpaired) electrons. The number of anilines is 1. The summed E-state index contributed by atoms with van der Waals surface area (Å²) in [5, 5.41) is 26.9. The van der Waals surface area contributed by atoms with Gasteiger partial charge in [-0.25, -0.2) is 14.9 Å². The number of fused-ring (bicyclic) bond motifs is 1. The maximum Gasteiger partial charge on any atom is 0.352 e. The van der Waals surface area contributed by atoms with E-state index in [0.717, 1.165) is 28.5 Å². The second kappa shape index (κ2) is 13.0. The van der Waals surface area contributed by atoms with E-state index >= 15 is 0 Å². The lowest BCUT2D eigenvalue weighted by molar-refractivity contribution is -0.150. The fourth-order valence-electron chi connectivity index (χ4n) is 4.63. The van der Waals surface area contributed by atoms with Crippen LogP contribution >= 0.6 is 47.5 Å². The number of nitrogens with two attached hydrogens (primary N) is 1. The summed E-state index contributed by atoms with van der Waals surface area (Å²) in [5.74, 6) is -1.65. The largest absolute Gasteiger partial charge is 0.477 e. The maximum atomic E-state index is 13.2. The average Bonchev–Trinajstić information content (AvgIpc) is 3.66. The van der Waals surface area contributed by atoms with Gasteiger partial charge in [0.25, 0.3) is 11.8 Å². The number of β-lactam (4-membered cyclic amide) rings is 1. The third-order valence-corrected chi connectivity index (χ3v) is 10.1. The van der Waals surface area contributed by atoms with Gasteiger partial charge in [-0.2, -0.15) is 5.10 Å². The predicted molar refractivity (Wildman–Crippen MR) is 165 cm³/mol. The van der Waals surface area contributed by atoms with Crippen LogP contribution in [0.1, 0.15) is 17.9 Å². The molecule has 3 atom stereocenters. The number of aliphatic carboxylic acids is 1. The van der Waals surface area contributed by atoms with E-state index in [9.17, 15) is 29.1 Å². The minimum absolute atomic E-state index is 0.0491. The zero-order valence-corrected chi connectivity index (χ0v) is 25.6. The van der Waals surface area contributed by atoms with Gasteiger partial charge in [-0.3, -0.25) is 28.6 Å². The Hall–Kier alpha value is -3.59. The lowest BCUT2D eigenvalue weighted by Crippen LogP contribution is -2.71. The number of carbonyl (C=O) groups is 3. The number of nitrogens with zero attached hydrogens (tertiary/aromatic N) is 5. The number of carbonyl (C=O) groups excluding carboxylic acids is 2. The molecule has 2 fully saturated rings. The number of nitrogens with one attached hydrogen (secondary N) is 3. The first-order valence-corrected chi connectivity index (χ1v) is 16.0. The van der Waals surface area contributed by atoms with Crippen LogP contribution in [0.2, 0.25) is 0 Å². The zero-order valence-electron chi connectivity index (χ0n) is 22.3. The number of thiol groups is 1. The number of hydrogen-bond donors (Lipinski definition) is 6. The standard InChI is InChI=1S/C23H25N9O7S4/c1-39-30-13(10-8-43-23(24)26-10)17(33)27-14-19(35)32-15(22(37)38)9(7-42-21(14)32)6-11(40)16-28-29-18(34)20(36)31(16)4-2-12-25-3-5-41-12/h6,8,12,14,21,25,40H,2-5,7H2,1H3,(H2,24,26)(H,27,33)(H,29,34)(H,37,38).